The Bertz CT molecular complexity index is 1060. The first-order chi connectivity index (χ1) is 14.0. The van der Waals surface area contributed by atoms with E-state index < -0.39 is 32.8 Å². The van der Waals surface area contributed by atoms with Crippen LogP contribution in [0, 0.1) is 0 Å². The number of anilines is 2. The Kier molecular flexibility index (Phi) is 5.56. The minimum atomic E-state index is -4.64. The molecular formula is C19H19F3IN3O3S. The molecule has 0 spiro atoms. The SMILES string of the molecule is Nc1ccc2c(c1)N(S(=O)(=O)c1cccc(C(F)(F)F)c1)C[C@H](CN1CC(I)C1)O2. The van der Waals surface area contributed by atoms with Gasteiger partial charge in [-0.1, -0.05) is 28.7 Å². The number of benzene rings is 2. The van der Waals surface area contributed by atoms with Crippen molar-refractivity contribution < 1.29 is 26.3 Å². The van der Waals surface area contributed by atoms with Gasteiger partial charge in [0.2, 0.25) is 0 Å². The molecule has 2 heterocycles. The van der Waals surface area contributed by atoms with Crippen molar-refractivity contribution in [3.63, 3.8) is 0 Å². The van der Waals surface area contributed by atoms with Crippen molar-refractivity contribution in [3.8, 4) is 5.75 Å². The van der Waals surface area contributed by atoms with Gasteiger partial charge in [0.1, 0.15) is 11.9 Å². The van der Waals surface area contributed by atoms with E-state index in [0.29, 0.717) is 28.0 Å². The van der Waals surface area contributed by atoms with Crippen LogP contribution in [0.25, 0.3) is 0 Å². The fourth-order valence-electron chi connectivity index (χ4n) is 3.56. The maximum atomic E-state index is 13.4. The molecule has 11 heteroatoms. The van der Waals surface area contributed by atoms with Gasteiger partial charge in [0, 0.05) is 29.2 Å². The highest BCUT2D eigenvalue weighted by molar-refractivity contribution is 14.1. The van der Waals surface area contributed by atoms with Crippen molar-refractivity contribution in [2.45, 2.75) is 21.1 Å². The number of hydrogen-bond acceptors (Lipinski definition) is 5. The van der Waals surface area contributed by atoms with Crippen molar-refractivity contribution >= 4 is 44.0 Å². The lowest BCUT2D eigenvalue weighted by Gasteiger charge is -2.41. The summed E-state index contributed by atoms with van der Waals surface area (Å²) in [5.41, 5.74) is 5.37. The van der Waals surface area contributed by atoms with Crippen LogP contribution in [0.2, 0.25) is 0 Å². The second kappa shape index (κ2) is 7.75. The molecule has 30 heavy (non-hydrogen) atoms. The first-order valence-electron chi connectivity index (χ1n) is 9.16. The van der Waals surface area contributed by atoms with Crippen LogP contribution < -0.4 is 14.8 Å². The molecule has 0 saturated carbocycles. The van der Waals surface area contributed by atoms with E-state index in [1.807, 2.05) is 0 Å². The molecule has 0 aromatic heterocycles. The van der Waals surface area contributed by atoms with E-state index in [0.717, 1.165) is 35.6 Å². The molecule has 0 unspecified atom stereocenters. The summed E-state index contributed by atoms with van der Waals surface area (Å²) in [6, 6.07) is 8.40. The fraction of sp³-hybridized carbons (Fsp3) is 0.368. The van der Waals surface area contributed by atoms with Gasteiger partial charge < -0.3 is 10.5 Å². The molecule has 162 valence electrons. The number of nitrogens with two attached hydrogens (primary N) is 1. The summed E-state index contributed by atoms with van der Waals surface area (Å²) >= 11 is 2.35. The molecule has 6 nitrogen and oxygen atoms in total. The molecule has 2 aliphatic rings. The Morgan fingerprint density at radius 2 is 1.87 bits per heavy atom. The molecule has 1 saturated heterocycles. The summed E-state index contributed by atoms with van der Waals surface area (Å²) in [6.45, 7) is 2.28. The molecule has 0 bridgehead atoms. The van der Waals surface area contributed by atoms with Gasteiger partial charge in [0.15, 0.2) is 0 Å². The van der Waals surface area contributed by atoms with Crippen molar-refractivity contribution in [1.82, 2.24) is 4.90 Å². The second-order valence-electron chi connectivity index (χ2n) is 7.34. The fourth-order valence-corrected chi connectivity index (χ4v) is 6.21. The van der Waals surface area contributed by atoms with Gasteiger partial charge in [0.05, 0.1) is 22.7 Å². The number of fused-ring (bicyclic) bond motifs is 1. The zero-order chi connectivity index (χ0) is 21.7. The van der Waals surface area contributed by atoms with Crippen LogP contribution in [0.3, 0.4) is 0 Å². The topological polar surface area (TPSA) is 75.9 Å². The molecule has 1 fully saturated rings. The predicted octanol–water partition coefficient (Wildman–Crippen LogP) is 3.36. The predicted molar refractivity (Wildman–Crippen MR) is 115 cm³/mol. The number of ether oxygens (including phenoxy) is 1. The highest BCUT2D eigenvalue weighted by Gasteiger charge is 2.38. The number of nitrogen functional groups attached to an aromatic ring is 1. The molecule has 2 aliphatic heterocycles. The van der Waals surface area contributed by atoms with Crippen LogP contribution in [0.15, 0.2) is 47.4 Å². The minimum absolute atomic E-state index is 0.0164. The lowest BCUT2D eigenvalue weighted by Crippen LogP contribution is -2.55. The molecule has 4 rings (SSSR count). The molecule has 0 radical (unpaired) electrons. The van der Waals surface area contributed by atoms with Crippen molar-refractivity contribution in [3.05, 3.63) is 48.0 Å². The number of halogens is 4. The number of hydrogen-bond donors (Lipinski definition) is 1. The van der Waals surface area contributed by atoms with E-state index >= 15 is 0 Å². The Balaban J connectivity index is 1.71. The number of likely N-dealkylation sites (tertiary alicyclic amines) is 1. The van der Waals surface area contributed by atoms with Crippen LogP contribution in [0.5, 0.6) is 5.75 Å². The Morgan fingerprint density at radius 3 is 2.53 bits per heavy atom. The maximum absolute atomic E-state index is 13.4. The second-order valence-corrected chi connectivity index (χ2v) is 11.0. The monoisotopic (exact) mass is 553 g/mol. The van der Waals surface area contributed by atoms with Crippen LogP contribution in [0.4, 0.5) is 24.5 Å². The van der Waals surface area contributed by atoms with Gasteiger partial charge in [-0.15, -0.1) is 0 Å². The Hall–Kier alpha value is -1.73. The minimum Gasteiger partial charge on any atom is -0.485 e. The van der Waals surface area contributed by atoms with Crippen LogP contribution >= 0.6 is 22.6 Å². The van der Waals surface area contributed by atoms with Crippen LogP contribution in [0.1, 0.15) is 5.56 Å². The number of alkyl halides is 4. The van der Waals surface area contributed by atoms with Crippen molar-refractivity contribution in [2.75, 3.05) is 36.2 Å². The lowest BCUT2D eigenvalue weighted by atomic mass is 10.1. The van der Waals surface area contributed by atoms with Crippen LogP contribution in [-0.2, 0) is 16.2 Å². The molecule has 1 atom stereocenters. The van der Waals surface area contributed by atoms with Crippen LogP contribution in [-0.4, -0.2) is 49.5 Å². The molecule has 0 aliphatic carbocycles. The van der Waals surface area contributed by atoms with E-state index in [4.69, 9.17) is 10.5 Å². The molecule has 2 aromatic rings. The quantitative estimate of drug-likeness (QED) is 0.357. The third-order valence-electron chi connectivity index (χ3n) is 5.04. The van der Waals surface area contributed by atoms with Gasteiger partial charge in [-0.25, -0.2) is 8.42 Å². The summed E-state index contributed by atoms with van der Waals surface area (Å²) in [5, 5.41) is 0. The number of nitrogens with zero attached hydrogens (tertiary/aromatic N) is 2. The lowest BCUT2D eigenvalue weighted by molar-refractivity contribution is -0.137. The highest BCUT2D eigenvalue weighted by Crippen LogP contribution is 2.39. The van der Waals surface area contributed by atoms with E-state index in [2.05, 4.69) is 27.5 Å². The molecule has 0 amide bonds. The number of rotatable bonds is 4. The molecule has 2 aromatic carbocycles. The highest BCUT2D eigenvalue weighted by atomic mass is 127. The smallest absolute Gasteiger partial charge is 0.416 e. The average molecular weight is 553 g/mol. The Labute approximate surface area is 186 Å². The van der Waals surface area contributed by atoms with E-state index in [1.165, 1.54) is 6.07 Å². The van der Waals surface area contributed by atoms with Gasteiger partial charge in [-0.2, -0.15) is 13.2 Å². The first kappa shape index (κ1) is 21.5. The summed E-state index contributed by atoms with van der Waals surface area (Å²) in [4.78, 5) is 1.72. The summed E-state index contributed by atoms with van der Waals surface area (Å²) < 4.78 is 73.7. The third-order valence-corrected chi connectivity index (χ3v) is 7.60. The van der Waals surface area contributed by atoms with E-state index in [-0.39, 0.29) is 12.2 Å². The summed E-state index contributed by atoms with van der Waals surface area (Å²) in [5.74, 6) is 0.336. The summed E-state index contributed by atoms with van der Waals surface area (Å²) in [7, 11) is -4.27. The zero-order valence-electron chi connectivity index (χ0n) is 15.6. The summed E-state index contributed by atoms with van der Waals surface area (Å²) in [6.07, 6.45) is -5.10. The van der Waals surface area contributed by atoms with Gasteiger partial charge in [-0.3, -0.25) is 9.21 Å². The maximum Gasteiger partial charge on any atom is 0.416 e. The molecular weight excluding hydrogens is 534 g/mol. The van der Waals surface area contributed by atoms with Gasteiger partial charge in [-0.05, 0) is 36.4 Å². The van der Waals surface area contributed by atoms with Crippen molar-refractivity contribution in [1.29, 1.82) is 0 Å². The van der Waals surface area contributed by atoms with Gasteiger partial charge in [0.25, 0.3) is 10.0 Å². The van der Waals surface area contributed by atoms with E-state index in [9.17, 15) is 21.6 Å². The molecule has 2 N–H and O–H groups in total. The largest absolute Gasteiger partial charge is 0.485 e. The standard InChI is InChI=1S/C19H19F3IN3O3S/c20-19(21,22)12-2-1-3-16(6-12)30(27,28)26-11-15(10-25-8-13(23)9-25)29-18-5-4-14(24)7-17(18)26/h1-7,13,15H,8-11,24H2/t15-/m0/s1. The van der Waals surface area contributed by atoms with Gasteiger partial charge >= 0.3 is 6.18 Å². The van der Waals surface area contributed by atoms with Crippen molar-refractivity contribution in [2.24, 2.45) is 0 Å². The Morgan fingerprint density at radius 1 is 1.13 bits per heavy atom. The van der Waals surface area contributed by atoms with E-state index in [1.54, 1.807) is 12.1 Å². The first-order valence-corrected chi connectivity index (χ1v) is 11.9. The average Bonchev–Trinajstić information content (AvgIpc) is 2.66. The number of sulfonamides is 1. The zero-order valence-corrected chi connectivity index (χ0v) is 18.6. The normalized spacial score (nSPS) is 20.4. The third kappa shape index (κ3) is 4.19.